The molecule has 1 unspecified atom stereocenters. The summed E-state index contributed by atoms with van der Waals surface area (Å²) >= 11 is 0. The lowest BCUT2D eigenvalue weighted by atomic mass is 10.1. The van der Waals surface area contributed by atoms with E-state index >= 15 is 0 Å². The molecule has 0 spiro atoms. The van der Waals surface area contributed by atoms with Gasteiger partial charge in [-0.3, -0.25) is 0 Å². The minimum Gasteiger partial charge on any atom is -0.356 e. The minimum atomic E-state index is -3.66. The van der Waals surface area contributed by atoms with Gasteiger partial charge in [0.1, 0.15) is 10.9 Å². The van der Waals surface area contributed by atoms with E-state index in [0.717, 1.165) is 0 Å². The molecule has 2 N–H and O–H groups in total. The third-order valence-electron chi connectivity index (χ3n) is 2.66. The molecule has 2 rings (SSSR count). The van der Waals surface area contributed by atoms with Crippen molar-refractivity contribution < 1.29 is 12.9 Å². The zero-order valence-electron chi connectivity index (χ0n) is 9.46. The average molecular weight is 254 g/mol. The van der Waals surface area contributed by atoms with Crippen LogP contribution in [0.15, 0.2) is 28.8 Å². The summed E-state index contributed by atoms with van der Waals surface area (Å²) in [5.41, 5.74) is 0.984. The van der Waals surface area contributed by atoms with E-state index < -0.39 is 15.3 Å². The Morgan fingerprint density at radius 2 is 2.12 bits per heavy atom. The van der Waals surface area contributed by atoms with Crippen molar-refractivity contribution in [2.75, 3.05) is 0 Å². The fourth-order valence-corrected chi connectivity index (χ4v) is 2.90. The second-order valence-corrected chi connectivity index (χ2v) is 5.68. The Morgan fingerprint density at radius 1 is 1.41 bits per heavy atom. The van der Waals surface area contributed by atoms with Crippen molar-refractivity contribution in [1.29, 1.82) is 0 Å². The molecule has 0 aliphatic heterocycles. The molecule has 17 heavy (non-hydrogen) atoms. The fraction of sp³-hybridized carbons (Fsp3) is 0.364. The molecule has 0 fully saturated rings. The predicted molar refractivity (Wildman–Crippen MR) is 64.8 cm³/mol. The number of benzene rings is 1. The highest BCUT2D eigenvalue weighted by atomic mass is 32.2. The van der Waals surface area contributed by atoms with Crippen LogP contribution in [0.25, 0.3) is 11.0 Å². The van der Waals surface area contributed by atoms with Gasteiger partial charge in [-0.2, -0.15) is 0 Å². The molecule has 0 aliphatic carbocycles. The van der Waals surface area contributed by atoms with E-state index in [1.54, 1.807) is 12.1 Å². The van der Waals surface area contributed by atoms with Crippen molar-refractivity contribution in [2.24, 2.45) is 5.14 Å². The first-order valence-corrected chi connectivity index (χ1v) is 7.01. The van der Waals surface area contributed by atoms with E-state index in [2.05, 4.69) is 5.16 Å². The third kappa shape index (κ3) is 2.32. The highest BCUT2D eigenvalue weighted by Gasteiger charge is 2.27. The standard InChI is InChI=1S/C11H14N2O3S/c1-2-5-10(17(12,14)15)11-8-6-3-4-7-9(8)16-13-11/h3-4,6-7,10H,2,5H2,1H3,(H2,12,14,15). The van der Waals surface area contributed by atoms with E-state index in [4.69, 9.17) is 9.66 Å². The van der Waals surface area contributed by atoms with Crippen LogP contribution < -0.4 is 5.14 Å². The molecular formula is C11H14N2O3S. The molecule has 6 heteroatoms. The van der Waals surface area contributed by atoms with Gasteiger partial charge in [0.2, 0.25) is 10.0 Å². The maximum atomic E-state index is 11.6. The SMILES string of the molecule is CCCC(c1noc2ccccc12)S(N)(=O)=O. The number of para-hydroxylation sites is 1. The lowest BCUT2D eigenvalue weighted by molar-refractivity contribution is 0.441. The van der Waals surface area contributed by atoms with Crippen LogP contribution in [-0.2, 0) is 10.0 Å². The van der Waals surface area contributed by atoms with Gasteiger partial charge in [-0.15, -0.1) is 0 Å². The predicted octanol–water partition coefficient (Wildman–Crippen LogP) is 1.96. The van der Waals surface area contributed by atoms with Crippen LogP contribution >= 0.6 is 0 Å². The highest BCUT2D eigenvalue weighted by Crippen LogP contribution is 2.30. The number of nitrogens with zero attached hydrogens (tertiary/aromatic N) is 1. The molecule has 1 aromatic heterocycles. The number of aromatic nitrogens is 1. The Labute approximate surface area is 99.6 Å². The van der Waals surface area contributed by atoms with Crippen LogP contribution in [0.5, 0.6) is 0 Å². The first-order chi connectivity index (χ1) is 8.04. The van der Waals surface area contributed by atoms with E-state index in [1.165, 1.54) is 0 Å². The first-order valence-electron chi connectivity index (χ1n) is 5.40. The van der Waals surface area contributed by atoms with Gasteiger partial charge in [-0.25, -0.2) is 13.6 Å². The van der Waals surface area contributed by atoms with Gasteiger partial charge in [0, 0.05) is 5.39 Å². The summed E-state index contributed by atoms with van der Waals surface area (Å²) in [6.07, 6.45) is 1.15. The smallest absolute Gasteiger partial charge is 0.217 e. The fourth-order valence-electron chi connectivity index (χ4n) is 1.86. The summed E-state index contributed by atoms with van der Waals surface area (Å²) in [5.74, 6) is 0. The van der Waals surface area contributed by atoms with E-state index in [9.17, 15) is 8.42 Å². The van der Waals surface area contributed by atoms with Crippen molar-refractivity contribution in [1.82, 2.24) is 5.16 Å². The number of hydrogen-bond donors (Lipinski definition) is 1. The van der Waals surface area contributed by atoms with Crippen LogP contribution in [-0.4, -0.2) is 13.6 Å². The van der Waals surface area contributed by atoms with E-state index in [1.807, 2.05) is 19.1 Å². The van der Waals surface area contributed by atoms with Crippen LogP contribution in [0, 0.1) is 0 Å². The molecule has 0 saturated heterocycles. The lowest BCUT2D eigenvalue weighted by Gasteiger charge is -2.10. The summed E-state index contributed by atoms with van der Waals surface area (Å²) in [5, 5.41) is 9.00. The summed E-state index contributed by atoms with van der Waals surface area (Å²) < 4.78 is 28.2. The minimum absolute atomic E-state index is 0.407. The Morgan fingerprint density at radius 3 is 2.76 bits per heavy atom. The van der Waals surface area contributed by atoms with Gasteiger partial charge in [-0.1, -0.05) is 30.6 Å². The first kappa shape index (κ1) is 12.1. The summed E-state index contributed by atoms with van der Waals surface area (Å²) in [6, 6.07) is 7.16. The third-order valence-corrected chi connectivity index (χ3v) is 3.91. The van der Waals surface area contributed by atoms with Crippen LogP contribution in [0.2, 0.25) is 0 Å². The Bertz CT molecular complexity index is 618. The molecule has 0 aliphatic rings. The molecule has 0 bridgehead atoms. The van der Waals surface area contributed by atoms with Crippen molar-refractivity contribution in [3.8, 4) is 0 Å². The number of rotatable bonds is 4. The largest absolute Gasteiger partial charge is 0.356 e. The van der Waals surface area contributed by atoms with Crippen LogP contribution in [0.4, 0.5) is 0 Å². The molecule has 0 saturated carbocycles. The quantitative estimate of drug-likeness (QED) is 0.903. The molecule has 1 atom stereocenters. The zero-order valence-corrected chi connectivity index (χ0v) is 10.3. The Balaban J connectivity index is 2.57. The summed E-state index contributed by atoms with van der Waals surface area (Å²) in [6.45, 7) is 1.90. The topological polar surface area (TPSA) is 86.2 Å². The maximum absolute atomic E-state index is 11.6. The van der Waals surface area contributed by atoms with Crippen molar-refractivity contribution >= 4 is 21.0 Å². The Hall–Kier alpha value is -1.40. The van der Waals surface area contributed by atoms with Crippen molar-refractivity contribution in [3.05, 3.63) is 30.0 Å². The van der Waals surface area contributed by atoms with Gasteiger partial charge in [0.25, 0.3) is 0 Å². The molecular weight excluding hydrogens is 240 g/mol. The number of fused-ring (bicyclic) bond motifs is 1. The molecule has 5 nitrogen and oxygen atoms in total. The van der Waals surface area contributed by atoms with E-state index in [0.29, 0.717) is 29.5 Å². The van der Waals surface area contributed by atoms with Crippen molar-refractivity contribution in [3.63, 3.8) is 0 Å². The molecule has 1 aromatic carbocycles. The van der Waals surface area contributed by atoms with Gasteiger partial charge in [0.05, 0.1) is 0 Å². The average Bonchev–Trinajstić information content (AvgIpc) is 2.68. The highest BCUT2D eigenvalue weighted by molar-refractivity contribution is 7.89. The van der Waals surface area contributed by atoms with Gasteiger partial charge >= 0.3 is 0 Å². The van der Waals surface area contributed by atoms with Crippen LogP contribution in [0.1, 0.15) is 30.7 Å². The van der Waals surface area contributed by atoms with Gasteiger partial charge in [-0.05, 0) is 18.6 Å². The van der Waals surface area contributed by atoms with E-state index in [-0.39, 0.29) is 0 Å². The van der Waals surface area contributed by atoms with Gasteiger partial charge < -0.3 is 4.52 Å². The van der Waals surface area contributed by atoms with Gasteiger partial charge in [0.15, 0.2) is 5.58 Å². The summed E-state index contributed by atoms with van der Waals surface area (Å²) in [7, 11) is -3.66. The molecule has 92 valence electrons. The molecule has 2 aromatic rings. The van der Waals surface area contributed by atoms with Crippen LogP contribution in [0.3, 0.4) is 0 Å². The molecule has 0 amide bonds. The Kier molecular flexibility index (Phi) is 3.17. The molecule has 1 heterocycles. The lowest BCUT2D eigenvalue weighted by Crippen LogP contribution is -2.22. The number of nitrogens with two attached hydrogens (primary N) is 1. The van der Waals surface area contributed by atoms with Crippen molar-refractivity contribution in [2.45, 2.75) is 25.0 Å². The second-order valence-electron chi connectivity index (χ2n) is 3.93. The molecule has 0 radical (unpaired) electrons. The normalized spacial score (nSPS) is 14.0. The maximum Gasteiger partial charge on any atom is 0.217 e. The number of primary sulfonamides is 1. The zero-order chi connectivity index (χ0) is 12.5. The number of hydrogen-bond acceptors (Lipinski definition) is 4. The number of sulfonamides is 1. The second kappa shape index (κ2) is 4.46. The monoisotopic (exact) mass is 254 g/mol. The summed E-state index contributed by atoms with van der Waals surface area (Å²) in [4.78, 5) is 0.